The van der Waals surface area contributed by atoms with Crippen molar-refractivity contribution in [2.45, 2.75) is 38.6 Å². The Kier molecular flexibility index (Phi) is 5.07. The highest BCUT2D eigenvalue weighted by molar-refractivity contribution is 5.94. The van der Waals surface area contributed by atoms with Crippen LogP contribution in [0.25, 0.3) is 0 Å². The lowest BCUT2D eigenvalue weighted by Gasteiger charge is -2.25. The van der Waals surface area contributed by atoms with E-state index >= 15 is 0 Å². The van der Waals surface area contributed by atoms with Gasteiger partial charge in [0.25, 0.3) is 5.91 Å². The zero-order chi connectivity index (χ0) is 17.8. The number of pyridine rings is 2. The van der Waals surface area contributed by atoms with E-state index in [1.807, 2.05) is 24.0 Å². The van der Waals surface area contributed by atoms with Crippen LogP contribution in [0.1, 0.15) is 52.6 Å². The van der Waals surface area contributed by atoms with E-state index in [2.05, 4.69) is 9.97 Å². The zero-order valence-corrected chi connectivity index (χ0v) is 14.2. The molecule has 1 unspecified atom stereocenters. The van der Waals surface area contributed by atoms with Crippen LogP contribution in [0.5, 0.6) is 0 Å². The number of likely N-dealkylation sites (tertiary alicyclic amines) is 1. The first kappa shape index (κ1) is 17.1. The topological polar surface area (TPSA) is 83.4 Å². The van der Waals surface area contributed by atoms with Gasteiger partial charge in [0, 0.05) is 31.1 Å². The van der Waals surface area contributed by atoms with E-state index in [1.54, 1.807) is 24.5 Å². The number of rotatable bonds is 5. The number of hydrogen-bond donors (Lipinski definition) is 1. The highest BCUT2D eigenvalue weighted by atomic mass is 16.4. The number of carboxylic acids is 1. The van der Waals surface area contributed by atoms with E-state index in [0.717, 1.165) is 29.8 Å². The summed E-state index contributed by atoms with van der Waals surface area (Å²) in [4.78, 5) is 34.1. The minimum absolute atomic E-state index is 0.0361. The predicted molar refractivity (Wildman–Crippen MR) is 92.2 cm³/mol. The second-order valence-electron chi connectivity index (χ2n) is 6.33. The number of nitrogens with zero attached hydrogens (tertiary/aromatic N) is 3. The van der Waals surface area contributed by atoms with Gasteiger partial charge in [-0.1, -0.05) is 0 Å². The second kappa shape index (κ2) is 7.42. The molecule has 0 spiro atoms. The van der Waals surface area contributed by atoms with Crippen LogP contribution in [0.2, 0.25) is 0 Å². The summed E-state index contributed by atoms with van der Waals surface area (Å²) in [7, 11) is 0. The molecule has 1 N–H and O–H groups in total. The molecule has 2 aromatic heterocycles. The number of aliphatic carboxylic acids is 1. The standard InChI is InChI=1S/C19H21N3O3/c1-13-10-14(6-7-18(23)24)11-16(21-13)17-5-3-9-22(17)19(25)15-4-2-8-20-12-15/h2,4,8,10-12,17H,3,5-7,9H2,1H3,(H,23,24). The van der Waals surface area contributed by atoms with E-state index in [-0.39, 0.29) is 18.4 Å². The van der Waals surface area contributed by atoms with Crippen molar-refractivity contribution >= 4 is 11.9 Å². The summed E-state index contributed by atoms with van der Waals surface area (Å²) in [6, 6.07) is 7.31. The molecule has 2 aromatic rings. The van der Waals surface area contributed by atoms with Gasteiger partial charge in [-0.2, -0.15) is 0 Å². The molecule has 0 saturated carbocycles. The molecule has 3 heterocycles. The van der Waals surface area contributed by atoms with Crippen LogP contribution in [0, 0.1) is 6.92 Å². The van der Waals surface area contributed by atoms with Crippen molar-refractivity contribution in [2.24, 2.45) is 0 Å². The molecule has 1 fully saturated rings. The van der Waals surface area contributed by atoms with Crippen LogP contribution in [0.4, 0.5) is 0 Å². The van der Waals surface area contributed by atoms with E-state index in [9.17, 15) is 9.59 Å². The summed E-state index contributed by atoms with van der Waals surface area (Å²) >= 11 is 0. The molecule has 0 radical (unpaired) electrons. The number of amides is 1. The molecular weight excluding hydrogens is 318 g/mol. The molecule has 1 aliphatic heterocycles. The van der Waals surface area contributed by atoms with E-state index < -0.39 is 5.97 Å². The third-order valence-electron chi connectivity index (χ3n) is 4.42. The smallest absolute Gasteiger partial charge is 0.303 e. The molecule has 3 rings (SSSR count). The highest BCUT2D eigenvalue weighted by Crippen LogP contribution is 2.32. The Labute approximate surface area is 146 Å². The third-order valence-corrected chi connectivity index (χ3v) is 4.42. The fourth-order valence-electron chi connectivity index (χ4n) is 3.31. The molecule has 1 saturated heterocycles. The fourth-order valence-corrected chi connectivity index (χ4v) is 3.31. The Morgan fingerprint density at radius 1 is 1.36 bits per heavy atom. The zero-order valence-electron chi connectivity index (χ0n) is 14.2. The number of hydrogen-bond acceptors (Lipinski definition) is 4. The largest absolute Gasteiger partial charge is 0.481 e. The van der Waals surface area contributed by atoms with Gasteiger partial charge >= 0.3 is 5.97 Å². The maximum Gasteiger partial charge on any atom is 0.303 e. The molecule has 6 nitrogen and oxygen atoms in total. The van der Waals surface area contributed by atoms with Gasteiger partial charge in [-0.25, -0.2) is 0 Å². The summed E-state index contributed by atoms with van der Waals surface area (Å²) in [5.41, 5.74) is 3.22. The summed E-state index contributed by atoms with van der Waals surface area (Å²) in [6.07, 6.45) is 5.58. The molecule has 1 amide bonds. The lowest BCUT2D eigenvalue weighted by atomic mass is 10.0. The lowest BCUT2D eigenvalue weighted by Crippen LogP contribution is -2.31. The summed E-state index contributed by atoms with van der Waals surface area (Å²) in [6.45, 7) is 2.59. The number of aryl methyl sites for hydroxylation is 2. The minimum Gasteiger partial charge on any atom is -0.481 e. The summed E-state index contributed by atoms with van der Waals surface area (Å²) in [5, 5.41) is 8.89. The maximum absolute atomic E-state index is 12.8. The normalized spacial score (nSPS) is 16.8. The van der Waals surface area contributed by atoms with Crippen molar-refractivity contribution in [1.29, 1.82) is 0 Å². The van der Waals surface area contributed by atoms with Crippen LogP contribution in [0.15, 0.2) is 36.7 Å². The number of carboxylic acid groups (broad SMARTS) is 1. The van der Waals surface area contributed by atoms with Crippen LogP contribution < -0.4 is 0 Å². The van der Waals surface area contributed by atoms with Gasteiger partial charge in [0.05, 0.1) is 17.3 Å². The summed E-state index contributed by atoms with van der Waals surface area (Å²) < 4.78 is 0. The molecule has 0 bridgehead atoms. The summed E-state index contributed by atoms with van der Waals surface area (Å²) in [5.74, 6) is -0.851. The van der Waals surface area contributed by atoms with Crippen molar-refractivity contribution < 1.29 is 14.7 Å². The lowest BCUT2D eigenvalue weighted by molar-refractivity contribution is -0.136. The average Bonchev–Trinajstić information content (AvgIpc) is 3.09. The Morgan fingerprint density at radius 2 is 2.20 bits per heavy atom. The first-order valence-corrected chi connectivity index (χ1v) is 8.45. The van der Waals surface area contributed by atoms with E-state index in [0.29, 0.717) is 18.5 Å². The SMILES string of the molecule is Cc1cc(CCC(=O)O)cc(C2CCCN2C(=O)c2cccnc2)n1. The van der Waals surface area contributed by atoms with Gasteiger partial charge in [0.15, 0.2) is 0 Å². The monoisotopic (exact) mass is 339 g/mol. The van der Waals surface area contributed by atoms with Gasteiger partial charge in [-0.3, -0.25) is 19.6 Å². The fraction of sp³-hybridized carbons (Fsp3) is 0.368. The van der Waals surface area contributed by atoms with E-state index in [1.165, 1.54) is 0 Å². The molecule has 0 aromatic carbocycles. The minimum atomic E-state index is -0.815. The molecule has 6 heteroatoms. The quantitative estimate of drug-likeness (QED) is 0.905. The van der Waals surface area contributed by atoms with Gasteiger partial charge < -0.3 is 10.0 Å². The first-order valence-electron chi connectivity index (χ1n) is 8.45. The third kappa shape index (κ3) is 4.02. The van der Waals surface area contributed by atoms with Gasteiger partial charge in [0.1, 0.15) is 0 Å². The van der Waals surface area contributed by atoms with Crippen molar-refractivity contribution in [3.05, 3.63) is 59.2 Å². The Hall–Kier alpha value is -2.76. The van der Waals surface area contributed by atoms with Gasteiger partial charge in [-0.15, -0.1) is 0 Å². The van der Waals surface area contributed by atoms with Crippen molar-refractivity contribution in [2.75, 3.05) is 6.54 Å². The average molecular weight is 339 g/mol. The van der Waals surface area contributed by atoms with Gasteiger partial charge in [-0.05, 0) is 56.0 Å². The Morgan fingerprint density at radius 3 is 2.92 bits per heavy atom. The number of carbonyl (C=O) groups is 2. The van der Waals surface area contributed by atoms with Crippen LogP contribution in [-0.4, -0.2) is 38.4 Å². The number of aromatic nitrogens is 2. The van der Waals surface area contributed by atoms with Crippen LogP contribution >= 0.6 is 0 Å². The molecular formula is C19H21N3O3. The molecule has 0 aliphatic carbocycles. The van der Waals surface area contributed by atoms with E-state index in [4.69, 9.17) is 5.11 Å². The van der Waals surface area contributed by atoms with Crippen LogP contribution in [0.3, 0.4) is 0 Å². The first-order chi connectivity index (χ1) is 12.0. The number of carbonyl (C=O) groups excluding carboxylic acids is 1. The Balaban J connectivity index is 1.84. The maximum atomic E-state index is 12.8. The van der Waals surface area contributed by atoms with Crippen LogP contribution in [-0.2, 0) is 11.2 Å². The van der Waals surface area contributed by atoms with Crippen molar-refractivity contribution in [3.63, 3.8) is 0 Å². The molecule has 130 valence electrons. The van der Waals surface area contributed by atoms with Crippen molar-refractivity contribution in [1.82, 2.24) is 14.9 Å². The Bertz CT molecular complexity index is 777. The molecule has 1 atom stereocenters. The molecule has 25 heavy (non-hydrogen) atoms. The predicted octanol–water partition coefficient (Wildman–Crippen LogP) is 2.78. The molecule has 1 aliphatic rings. The van der Waals surface area contributed by atoms with Crippen molar-refractivity contribution in [3.8, 4) is 0 Å². The van der Waals surface area contributed by atoms with Gasteiger partial charge in [0.2, 0.25) is 0 Å². The highest BCUT2D eigenvalue weighted by Gasteiger charge is 2.31. The second-order valence-corrected chi connectivity index (χ2v) is 6.33.